The van der Waals surface area contributed by atoms with E-state index < -0.39 is 5.97 Å². The number of methoxy groups -OCH3 is 1. The fourth-order valence-electron chi connectivity index (χ4n) is 10.1. The van der Waals surface area contributed by atoms with Gasteiger partial charge in [0.2, 0.25) is 17.6 Å². The number of aliphatic hydroxyl groups excluding tert-OH is 1. The van der Waals surface area contributed by atoms with Crippen molar-refractivity contribution in [3.63, 3.8) is 0 Å². The maximum Gasteiger partial charge on any atom is 0.337 e. The first-order valence-corrected chi connectivity index (χ1v) is 36.6. The molecule has 7 N–H and O–H groups in total. The van der Waals surface area contributed by atoms with Crippen molar-refractivity contribution in [3.8, 4) is 17.6 Å². The first-order chi connectivity index (χ1) is 52.3. The molecule has 1 amide bonds. The Labute approximate surface area is 657 Å². The highest BCUT2D eigenvalue weighted by molar-refractivity contribution is 9.10. The molecule has 0 aliphatic heterocycles. The maximum absolute atomic E-state index is 12.4. The Bertz CT molecular complexity index is 4810. The minimum absolute atomic E-state index is 0.00278. The zero-order chi connectivity index (χ0) is 79.2. The standard InChI is InChI=1S/C22H23N3O3.C15H15NO3.C15H15NO2.C13H12BrNO.C8H9BrO.C8H12N2O.C5H4ClN/c1-14-12-15(2)25-22(27)19(14)13-24-21(26)18-9-7-17(8-10-18)16(3)28-20-6-4-5-11-23-20;1-11(19-14-5-3-4-10-16-14)12-6-8-13(9-7-12)15(17)18-2;1-11(10-14-4-2-3-9-16-14)12-5-7-13(8-6-12)15(17)18;1-10(11-5-7-12(14)8-6-11)16-13-4-2-3-9-15-13;1-6(10)7-2-4-8(9)5-3-7;1-5-3-6(2)10-8(11)7(5)4-9;6-5-3-1-2-4-7-5/h4-12,16H,13H2,1-3H3,(H,24,26)(H,25,27);3-11H,1-2H3;2-9,11H,10H2,1H3,(H,17,18);2-10H,1H3;2-6,10H,1H3;3H,4,9H2,1-2H3,(H,10,11);1-4H. The Morgan fingerprint density at radius 3 is 1.21 bits per heavy atom. The second kappa shape index (κ2) is 46.1. The highest BCUT2D eigenvalue weighted by Gasteiger charge is 2.15. The molecule has 0 saturated carbocycles. The Kier molecular flexibility index (Phi) is 36.6. The van der Waals surface area contributed by atoms with Crippen LogP contribution in [0.2, 0.25) is 5.15 Å². The highest BCUT2D eigenvalue weighted by atomic mass is 79.9. The predicted octanol–water partition coefficient (Wildman–Crippen LogP) is 18.3. The van der Waals surface area contributed by atoms with Gasteiger partial charge in [0.25, 0.3) is 17.0 Å². The molecular weight excluding hydrogens is 1530 g/mol. The number of carbonyl (C=O) groups excluding carboxylic acids is 2. The number of pyridine rings is 7. The van der Waals surface area contributed by atoms with Crippen LogP contribution in [-0.2, 0) is 24.2 Å². The molecule has 0 radical (unpaired) electrons. The number of halogens is 3. The summed E-state index contributed by atoms with van der Waals surface area (Å²) in [6.07, 6.45) is 8.69. The summed E-state index contributed by atoms with van der Waals surface area (Å²) in [4.78, 5) is 83.6. The number of esters is 1. The number of nitrogens with zero attached hydrogens (tertiary/aromatic N) is 5. The molecule has 7 aromatic heterocycles. The number of nitrogens with one attached hydrogen (secondary N) is 3. The summed E-state index contributed by atoms with van der Waals surface area (Å²) in [6, 6.07) is 68.8. The van der Waals surface area contributed by atoms with E-state index in [0.29, 0.717) is 63.1 Å². The molecule has 0 saturated heterocycles. The molecule has 0 spiro atoms. The summed E-state index contributed by atoms with van der Waals surface area (Å²) in [7, 11) is 1.36. The number of carboxylic acids is 1. The fraction of sp³-hybridized carbons (Fsp3) is 0.209. The lowest BCUT2D eigenvalue weighted by Gasteiger charge is -2.14. The van der Waals surface area contributed by atoms with E-state index in [1.807, 2.05) is 218 Å². The number of carbonyl (C=O) groups is 3. The molecule has 20 nitrogen and oxygen atoms in total. The summed E-state index contributed by atoms with van der Waals surface area (Å²) < 4.78 is 24.0. The van der Waals surface area contributed by atoms with E-state index >= 15 is 0 Å². The summed E-state index contributed by atoms with van der Waals surface area (Å²) in [5.74, 6) is 0.635. The fourth-order valence-corrected chi connectivity index (χ4v) is 10.8. The van der Waals surface area contributed by atoms with Crippen molar-refractivity contribution in [1.29, 1.82) is 0 Å². The van der Waals surface area contributed by atoms with E-state index in [9.17, 15) is 24.0 Å². The van der Waals surface area contributed by atoms with Crippen molar-refractivity contribution in [1.82, 2.24) is 40.2 Å². The van der Waals surface area contributed by atoms with Crippen molar-refractivity contribution >= 4 is 61.3 Å². The number of hydrogen-bond donors (Lipinski definition) is 6. The van der Waals surface area contributed by atoms with E-state index in [-0.39, 0.29) is 54.0 Å². The SMILES string of the molecule is CC(Cc1ccccn1)c1ccc(C(=O)O)cc1.CC(O)c1ccc(Br)cc1.CC(Oc1ccccn1)c1ccc(Br)cc1.COC(=O)c1ccc(C(C)Oc2ccccn2)cc1.Cc1cc(C)c(CN)c(=O)[nH]1.Cc1cc(C)c(CNC(=O)c2ccc(C(C)Oc3ccccn3)cc2)c(=O)[nH]1.Clc1ccccn1. The Balaban J connectivity index is 0.000000206. The van der Waals surface area contributed by atoms with Crippen molar-refractivity contribution in [2.24, 2.45) is 5.73 Å². The molecule has 5 unspecified atom stereocenters. The zero-order valence-corrected chi connectivity index (χ0v) is 66.2. The molecule has 5 aromatic carbocycles. The lowest BCUT2D eigenvalue weighted by Crippen LogP contribution is -2.27. The van der Waals surface area contributed by atoms with Crippen LogP contribution in [-0.4, -0.2) is 70.1 Å². The van der Waals surface area contributed by atoms with E-state index in [2.05, 4.69) is 83.7 Å². The summed E-state index contributed by atoms with van der Waals surface area (Å²) in [6.45, 7) is 17.7. The molecule has 0 aliphatic carbocycles. The van der Waals surface area contributed by atoms with E-state index in [1.165, 1.54) is 7.11 Å². The van der Waals surface area contributed by atoms with Crippen molar-refractivity contribution < 1.29 is 43.5 Å². The average Bonchev–Trinajstić information content (AvgIpc) is 0.868. The number of nitrogens with two attached hydrogens (primary N) is 1. The van der Waals surface area contributed by atoms with Gasteiger partial charge >= 0.3 is 11.9 Å². The molecule has 7 heterocycles. The Hall–Kier alpha value is -11.3. The van der Waals surface area contributed by atoms with Gasteiger partial charge in [0.05, 0.1) is 24.3 Å². The number of aromatic nitrogens is 7. The summed E-state index contributed by atoms with van der Waals surface area (Å²) in [5, 5.41) is 21.3. The van der Waals surface area contributed by atoms with Crippen LogP contribution in [0, 0.1) is 27.7 Å². The van der Waals surface area contributed by atoms with E-state index in [4.69, 9.17) is 41.8 Å². The third kappa shape index (κ3) is 30.9. The number of hydrogen-bond acceptors (Lipinski definition) is 16. The van der Waals surface area contributed by atoms with Crippen LogP contribution in [0.1, 0.15) is 163 Å². The first kappa shape index (κ1) is 86.6. The number of ether oxygens (including phenoxy) is 4. The average molecular weight is 1620 g/mol. The van der Waals surface area contributed by atoms with Gasteiger partial charge < -0.3 is 50.2 Å². The van der Waals surface area contributed by atoms with E-state index in [0.717, 1.165) is 71.4 Å². The lowest BCUT2D eigenvalue weighted by atomic mass is 9.95. The summed E-state index contributed by atoms with van der Waals surface area (Å²) >= 11 is 12.1. The topological polar surface area (TPSA) is 297 Å². The van der Waals surface area contributed by atoms with Gasteiger partial charge in [-0.25, -0.2) is 29.5 Å². The van der Waals surface area contributed by atoms with Crippen LogP contribution < -0.4 is 36.4 Å². The van der Waals surface area contributed by atoms with Gasteiger partial charge in [-0.3, -0.25) is 19.4 Å². The van der Waals surface area contributed by atoms with Gasteiger partial charge in [-0.1, -0.05) is 141 Å². The van der Waals surface area contributed by atoms with Crippen molar-refractivity contribution in [2.45, 2.75) is 112 Å². The molecule has 12 rings (SSSR count). The van der Waals surface area contributed by atoms with Gasteiger partial charge in [-0.2, -0.15) is 0 Å². The number of aryl methyl sites for hydroxylation is 4. The molecule has 5 atom stereocenters. The normalized spacial score (nSPS) is 11.6. The largest absolute Gasteiger partial charge is 0.478 e. The molecule has 0 aliphatic rings. The van der Waals surface area contributed by atoms with E-state index in [1.54, 1.807) is 92.5 Å². The minimum atomic E-state index is -0.890. The van der Waals surface area contributed by atoms with Crippen molar-refractivity contribution in [3.05, 3.63) is 374 Å². The monoisotopic (exact) mass is 1620 g/mol. The van der Waals surface area contributed by atoms with Crippen LogP contribution in [0.5, 0.6) is 17.6 Å². The predicted molar refractivity (Wildman–Crippen MR) is 434 cm³/mol. The van der Waals surface area contributed by atoms with Gasteiger partial charge in [-0.15, -0.1) is 0 Å². The third-order valence-electron chi connectivity index (χ3n) is 16.2. The van der Waals surface area contributed by atoms with Crippen LogP contribution in [0.25, 0.3) is 0 Å². The van der Waals surface area contributed by atoms with Crippen LogP contribution in [0.4, 0.5) is 0 Å². The maximum atomic E-state index is 12.4. The molecule has 109 heavy (non-hydrogen) atoms. The quantitative estimate of drug-likeness (QED) is 0.0324. The number of aliphatic hydroxyl groups is 1. The van der Waals surface area contributed by atoms with Crippen LogP contribution in [0.3, 0.4) is 0 Å². The van der Waals surface area contributed by atoms with Crippen LogP contribution >= 0.6 is 43.5 Å². The molecule has 566 valence electrons. The molecule has 0 bridgehead atoms. The van der Waals surface area contributed by atoms with Crippen LogP contribution in [0.15, 0.2) is 274 Å². The second-order valence-electron chi connectivity index (χ2n) is 24.6. The Morgan fingerprint density at radius 1 is 0.486 bits per heavy atom. The number of carboxylic acid groups (broad SMARTS) is 1. The molecule has 0 fully saturated rings. The van der Waals surface area contributed by atoms with Crippen molar-refractivity contribution in [2.75, 3.05) is 7.11 Å². The Morgan fingerprint density at radius 2 is 0.862 bits per heavy atom. The zero-order valence-electron chi connectivity index (χ0n) is 62.3. The number of aromatic amines is 2. The first-order valence-electron chi connectivity index (χ1n) is 34.7. The minimum Gasteiger partial charge on any atom is -0.478 e. The number of aromatic carboxylic acids is 1. The molecular formula is C86H90Br2ClN9O11. The smallest absolute Gasteiger partial charge is 0.337 e. The molecule has 23 heteroatoms. The van der Waals surface area contributed by atoms with Gasteiger partial charge in [0, 0.05) is 105 Å². The number of rotatable bonds is 19. The number of amides is 1. The number of H-pyrrole nitrogens is 2. The number of benzene rings is 5. The van der Waals surface area contributed by atoms with Gasteiger partial charge in [0.15, 0.2) is 0 Å². The highest BCUT2D eigenvalue weighted by Crippen LogP contribution is 2.25. The van der Waals surface area contributed by atoms with Gasteiger partial charge in [-0.05, 0) is 222 Å². The molecule has 12 aromatic rings. The summed E-state index contributed by atoms with van der Waals surface area (Å²) in [5.41, 5.74) is 17.4. The third-order valence-corrected chi connectivity index (χ3v) is 17.4. The van der Waals surface area contributed by atoms with Gasteiger partial charge in [0.1, 0.15) is 23.5 Å². The lowest BCUT2D eigenvalue weighted by molar-refractivity contribution is 0.0599. The second-order valence-corrected chi connectivity index (χ2v) is 26.8.